The van der Waals surface area contributed by atoms with Gasteiger partial charge < -0.3 is 10.1 Å². The third kappa shape index (κ3) is 3.91. The van der Waals surface area contributed by atoms with Crippen molar-refractivity contribution in [3.63, 3.8) is 0 Å². The summed E-state index contributed by atoms with van der Waals surface area (Å²) < 4.78 is 5.65. The monoisotopic (exact) mass is 258 g/mol. The Labute approximate surface area is 113 Å². The van der Waals surface area contributed by atoms with Crippen LogP contribution in [0, 0.1) is 6.92 Å². The van der Waals surface area contributed by atoms with Crippen molar-refractivity contribution in [1.82, 2.24) is 15.0 Å². The number of anilines is 1. The van der Waals surface area contributed by atoms with Gasteiger partial charge in [0.2, 0.25) is 5.88 Å². The average Bonchev–Trinajstić information content (AvgIpc) is 2.37. The molecule has 2 heterocycles. The average molecular weight is 258 g/mol. The molecule has 5 heteroatoms. The number of nitrogens with zero attached hydrogens (tertiary/aromatic N) is 3. The zero-order valence-electron chi connectivity index (χ0n) is 11.4. The number of rotatable bonds is 5. The van der Waals surface area contributed by atoms with Gasteiger partial charge in [-0.2, -0.15) is 0 Å². The number of ether oxygens (including phenoxy) is 1. The zero-order valence-corrected chi connectivity index (χ0v) is 11.4. The lowest BCUT2D eigenvalue weighted by atomic mass is 10.3. The number of aryl methyl sites for hydroxylation is 1. The van der Waals surface area contributed by atoms with Gasteiger partial charge in [0, 0.05) is 12.4 Å². The molecule has 0 spiro atoms. The Morgan fingerprint density at radius 1 is 1.21 bits per heavy atom. The normalized spacial score (nSPS) is 10.5. The topological polar surface area (TPSA) is 59.9 Å². The number of aromatic nitrogens is 3. The van der Waals surface area contributed by atoms with E-state index in [1.165, 1.54) is 0 Å². The van der Waals surface area contributed by atoms with Gasteiger partial charge in [0.25, 0.3) is 0 Å². The highest BCUT2D eigenvalue weighted by atomic mass is 16.5. The number of nitrogens with one attached hydrogen (secondary N) is 1. The lowest BCUT2D eigenvalue weighted by Gasteiger charge is -2.13. The van der Waals surface area contributed by atoms with Crippen LogP contribution in [0.2, 0.25) is 0 Å². The molecule has 0 amide bonds. The molecular weight excluding hydrogens is 240 g/mol. The molecule has 0 bridgehead atoms. The quantitative estimate of drug-likeness (QED) is 0.893. The van der Waals surface area contributed by atoms with E-state index in [0.29, 0.717) is 12.4 Å². The molecule has 0 saturated heterocycles. The van der Waals surface area contributed by atoms with Crippen molar-refractivity contribution < 1.29 is 4.74 Å². The fraction of sp³-hybridized carbons (Fsp3) is 0.357. The smallest absolute Gasteiger partial charge is 0.237 e. The molecule has 0 saturated carbocycles. The maximum Gasteiger partial charge on any atom is 0.237 e. The first-order valence-electron chi connectivity index (χ1n) is 6.29. The summed E-state index contributed by atoms with van der Waals surface area (Å²) in [6, 6.07) is 5.71. The molecule has 5 nitrogen and oxygen atoms in total. The Hall–Kier alpha value is -2.17. The van der Waals surface area contributed by atoms with Gasteiger partial charge in [-0.25, -0.2) is 15.0 Å². The Kier molecular flexibility index (Phi) is 4.28. The molecule has 0 aliphatic rings. The van der Waals surface area contributed by atoms with Crippen LogP contribution in [0.5, 0.6) is 5.88 Å². The molecule has 0 radical (unpaired) electrons. The minimum Gasteiger partial charge on any atom is -0.473 e. The Morgan fingerprint density at radius 3 is 2.79 bits per heavy atom. The largest absolute Gasteiger partial charge is 0.473 e. The van der Waals surface area contributed by atoms with Gasteiger partial charge in [-0.1, -0.05) is 0 Å². The van der Waals surface area contributed by atoms with Crippen LogP contribution in [0.15, 0.2) is 30.6 Å². The van der Waals surface area contributed by atoms with Gasteiger partial charge in [0.05, 0.1) is 24.0 Å². The standard InChI is InChI=1S/C14H18N4O/c1-10(2)19-14-13(5-4-7-16-14)17-9-12-6-8-15-11(3)18-12/h4-8,10,17H,9H2,1-3H3. The van der Waals surface area contributed by atoms with Crippen molar-refractivity contribution in [2.45, 2.75) is 33.4 Å². The summed E-state index contributed by atoms with van der Waals surface area (Å²) in [5, 5.41) is 3.28. The van der Waals surface area contributed by atoms with Crippen molar-refractivity contribution in [2.24, 2.45) is 0 Å². The number of hydrogen-bond donors (Lipinski definition) is 1. The van der Waals surface area contributed by atoms with E-state index < -0.39 is 0 Å². The molecule has 19 heavy (non-hydrogen) atoms. The van der Waals surface area contributed by atoms with E-state index >= 15 is 0 Å². The van der Waals surface area contributed by atoms with Gasteiger partial charge in [0.1, 0.15) is 5.82 Å². The molecule has 0 unspecified atom stereocenters. The Bertz CT molecular complexity index is 542. The molecule has 1 N–H and O–H groups in total. The SMILES string of the molecule is Cc1nccc(CNc2cccnc2OC(C)C)n1. The Morgan fingerprint density at radius 2 is 2.05 bits per heavy atom. The molecule has 0 aliphatic carbocycles. The van der Waals surface area contributed by atoms with Crippen LogP contribution in [-0.4, -0.2) is 21.1 Å². The summed E-state index contributed by atoms with van der Waals surface area (Å²) in [6.07, 6.45) is 3.57. The van der Waals surface area contributed by atoms with Gasteiger partial charge >= 0.3 is 0 Å². The minimum absolute atomic E-state index is 0.0942. The zero-order chi connectivity index (χ0) is 13.7. The predicted octanol–water partition coefficient (Wildman–Crippen LogP) is 2.58. The van der Waals surface area contributed by atoms with E-state index in [4.69, 9.17) is 4.74 Å². The van der Waals surface area contributed by atoms with Crippen molar-refractivity contribution in [1.29, 1.82) is 0 Å². The van der Waals surface area contributed by atoms with Crippen LogP contribution in [0.3, 0.4) is 0 Å². The fourth-order valence-electron chi connectivity index (χ4n) is 1.63. The molecule has 0 atom stereocenters. The van der Waals surface area contributed by atoms with E-state index in [9.17, 15) is 0 Å². The molecule has 0 aromatic carbocycles. The van der Waals surface area contributed by atoms with E-state index in [-0.39, 0.29) is 6.10 Å². The summed E-state index contributed by atoms with van der Waals surface area (Å²) in [7, 11) is 0. The third-order valence-electron chi connectivity index (χ3n) is 2.41. The maximum atomic E-state index is 5.65. The second kappa shape index (κ2) is 6.13. The maximum absolute atomic E-state index is 5.65. The number of pyridine rings is 1. The second-order valence-electron chi connectivity index (χ2n) is 4.47. The van der Waals surface area contributed by atoms with E-state index in [1.54, 1.807) is 12.4 Å². The van der Waals surface area contributed by atoms with Gasteiger partial charge in [-0.05, 0) is 39.0 Å². The summed E-state index contributed by atoms with van der Waals surface area (Å²) in [6.45, 7) is 6.45. The van der Waals surface area contributed by atoms with Gasteiger partial charge in [0.15, 0.2) is 0 Å². The third-order valence-corrected chi connectivity index (χ3v) is 2.41. The Balaban J connectivity index is 2.07. The van der Waals surface area contributed by atoms with Crippen LogP contribution < -0.4 is 10.1 Å². The summed E-state index contributed by atoms with van der Waals surface area (Å²) in [5.74, 6) is 1.38. The number of hydrogen-bond acceptors (Lipinski definition) is 5. The highest BCUT2D eigenvalue weighted by Gasteiger charge is 2.06. The van der Waals surface area contributed by atoms with Crippen LogP contribution in [-0.2, 0) is 6.54 Å². The van der Waals surface area contributed by atoms with Crippen molar-refractivity contribution >= 4 is 5.69 Å². The highest BCUT2D eigenvalue weighted by Crippen LogP contribution is 2.22. The summed E-state index contributed by atoms with van der Waals surface area (Å²) in [5.41, 5.74) is 1.80. The van der Waals surface area contributed by atoms with Crippen molar-refractivity contribution in [3.05, 3.63) is 42.1 Å². The lowest BCUT2D eigenvalue weighted by molar-refractivity contribution is 0.234. The summed E-state index contributed by atoms with van der Waals surface area (Å²) >= 11 is 0. The first kappa shape index (κ1) is 13.3. The minimum atomic E-state index is 0.0942. The first-order valence-corrected chi connectivity index (χ1v) is 6.29. The predicted molar refractivity (Wildman–Crippen MR) is 74.1 cm³/mol. The molecular formula is C14H18N4O. The van der Waals surface area contributed by atoms with E-state index in [0.717, 1.165) is 17.2 Å². The highest BCUT2D eigenvalue weighted by molar-refractivity contribution is 5.52. The fourth-order valence-corrected chi connectivity index (χ4v) is 1.63. The molecule has 0 aliphatic heterocycles. The van der Waals surface area contributed by atoms with Crippen LogP contribution in [0.25, 0.3) is 0 Å². The van der Waals surface area contributed by atoms with Crippen molar-refractivity contribution in [3.8, 4) is 5.88 Å². The van der Waals surface area contributed by atoms with Gasteiger partial charge in [-0.3, -0.25) is 0 Å². The molecule has 2 aromatic heterocycles. The summed E-state index contributed by atoms with van der Waals surface area (Å²) in [4.78, 5) is 12.7. The first-order chi connectivity index (χ1) is 9.15. The van der Waals surface area contributed by atoms with Gasteiger partial charge in [-0.15, -0.1) is 0 Å². The van der Waals surface area contributed by atoms with E-state index in [2.05, 4.69) is 20.3 Å². The van der Waals surface area contributed by atoms with Crippen LogP contribution in [0.4, 0.5) is 5.69 Å². The molecule has 2 aromatic rings. The lowest BCUT2D eigenvalue weighted by Crippen LogP contribution is -2.10. The van der Waals surface area contributed by atoms with Crippen LogP contribution >= 0.6 is 0 Å². The second-order valence-corrected chi connectivity index (χ2v) is 4.47. The molecule has 2 rings (SSSR count). The van der Waals surface area contributed by atoms with E-state index in [1.807, 2.05) is 39.0 Å². The molecule has 100 valence electrons. The molecule has 0 fully saturated rings. The van der Waals surface area contributed by atoms with Crippen LogP contribution in [0.1, 0.15) is 25.4 Å². The van der Waals surface area contributed by atoms with Crippen molar-refractivity contribution in [2.75, 3.05) is 5.32 Å².